The summed E-state index contributed by atoms with van der Waals surface area (Å²) >= 11 is 1.61. The SMILES string of the molecule is CC(C)[C@@H](NC(=O)c1cc(-c2cccs2)nn1C)c1nc2ccccc2n1C. The van der Waals surface area contributed by atoms with Crippen molar-refractivity contribution in [1.82, 2.24) is 24.6 Å². The number of imidazole rings is 1. The number of benzene rings is 1. The van der Waals surface area contributed by atoms with Crippen molar-refractivity contribution < 1.29 is 4.79 Å². The van der Waals surface area contributed by atoms with E-state index in [0.29, 0.717) is 5.69 Å². The lowest BCUT2D eigenvalue weighted by Crippen LogP contribution is -2.34. The van der Waals surface area contributed by atoms with Gasteiger partial charge in [-0.1, -0.05) is 32.0 Å². The van der Waals surface area contributed by atoms with Gasteiger partial charge in [0.1, 0.15) is 17.2 Å². The zero-order chi connectivity index (χ0) is 19.8. The van der Waals surface area contributed by atoms with Crippen LogP contribution < -0.4 is 5.32 Å². The average Bonchev–Trinajstić information content (AvgIpc) is 3.39. The van der Waals surface area contributed by atoms with Crippen LogP contribution in [0.2, 0.25) is 0 Å². The second-order valence-corrected chi connectivity index (χ2v) is 8.18. The van der Waals surface area contributed by atoms with E-state index in [0.717, 1.165) is 27.4 Å². The molecule has 0 aliphatic carbocycles. The molecular weight excluding hydrogens is 370 g/mol. The van der Waals surface area contributed by atoms with Crippen LogP contribution in [0, 0.1) is 5.92 Å². The van der Waals surface area contributed by atoms with Crippen molar-refractivity contribution in [2.24, 2.45) is 20.0 Å². The molecule has 1 aromatic carbocycles. The number of carbonyl (C=O) groups is 1. The molecule has 0 saturated carbocycles. The highest BCUT2D eigenvalue weighted by Gasteiger charge is 2.26. The third-order valence-electron chi connectivity index (χ3n) is 4.94. The maximum atomic E-state index is 13.1. The molecule has 3 heterocycles. The Bertz CT molecular complexity index is 1120. The molecule has 144 valence electrons. The van der Waals surface area contributed by atoms with Gasteiger partial charge in [-0.25, -0.2) is 4.98 Å². The number of para-hydroxylation sites is 2. The molecule has 3 aromatic heterocycles. The summed E-state index contributed by atoms with van der Waals surface area (Å²) < 4.78 is 3.69. The number of rotatable bonds is 5. The molecule has 0 unspecified atom stereocenters. The van der Waals surface area contributed by atoms with Crippen molar-refractivity contribution >= 4 is 28.3 Å². The van der Waals surface area contributed by atoms with E-state index in [2.05, 4.69) is 28.8 Å². The third kappa shape index (κ3) is 3.22. The molecule has 4 rings (SSSR count). The van der Waals surface area contributed by atoms with Gasteiger partial charge in [-0.15, -0.1) is 11.3 Å². The molecule has 0 aliphatic rings. The Labute approximate surface area is 167 Å². The Morgan fingerprint density at radius 3 is 2.61 bits per heavy atom. The lowest BCUT2D eigenvalue weighted by molar-refractivity contribution is 0.0913. The number of nitrogens with zero attached hydrogens (tertiary/aromatic N) is 4. The highest BCUT2D eigenvalue weighted by molar-refractivity contribution is 7.13. The van der Waals surface area contributed by atoms with Crippen molar-refractivity contribution in [3.05, 3.63) is 59.4 Å². The molecule has 0 radical (unpaired) electrons. The van der Waals surface area contributed by atoms with Crippen LogP contribution in [0.4, 0.5) is 0 Å². The molecule has 6 nitrogen and oxygen atoms in total. The van der Waals surface area contributed by atoms with Crippen LogP contribution >= 0.6 is 11.3 Å². The summed E-state index contributed by atoms with van der Waals surface area (Å²) in [6.07, 6.45) is 0. The topological polar surface area (TPSA) is 64.7 Å². The molecule has 0 spiro atoms. The number of amides is 1. The van der Waals surface area contributed by atoms with E-state index in [4.69, 9.17) is 4.98 Å². The summed E-state index contributed by atoms with van der Waals surface area (Å²) in [5, 5.41) is 9.67. The molecule has 1 amide bonds. The highest BCUT2D eigenvalue weighted by Crippen LogP contribution is 2.27. The van der Waals surface area contributed by atoms with Crippen molar-refractivity contribution in [2.45, 2.75) is 19.9 Å². The van der Waals surface area contributed by atoms with Gasteiger partial charge in [-0.3, -0.25) is 9.48 Å². The van der Waals surface area contributed by atoms with E-state index < -0.39 is 0 Å². The monoisotopic (exact) mass is 393 g/mol. The van der Waals surface area contributed by atoms with Crippen LogP contribution in [0.25, 0.3) is 21.6 Å². The maximum Gasteiger partial charge on any atom is 0.270 e. The molecule has 7 heteroatoms. The minimum Gasteiger partial charge on any atom is -0.340 e. The van der Waals surface area contributed by atoms with Gasteiger partial charge in [0, 0.05) is 14.1 Å². The van der Waals surface area contributed by atoms with Gasteiger partial charge in [0.05, 0.1) is 22.0 Å². The van der Waals surface area contributed by atoms with Crippen molar-refractivity contribution in [3.8, 4) is 10.6 Å². The molecule has 1 N–H and O–H groups in total. The molecule has 0 bridgehead atoms. The summed E-state index contributed by atoms with van der Waals surface area (Å²) in [5.41, 5.74) is 3.33. The average molecular weight is 394 g/mol. The first-order valence-electron chi connectivity index (χ1n) is 9.26. The number of aryl methyl sites for hydroxylation is 2. The number of thiophene rings is 1. The first-order chi connectivity index (χ1) is 13.5. The predicted octanol–water partition coefficient (Wildman–Crippen LogP) is 4.16. The van der Waals surface area contributed by atoms with Crippen LogP contribution in [0.15, 0.2) is 47.8 Å². The van der Waals surface area contributed by atoms with Gasteiger partial charge < -0.3 is 9.88 Å². The second-order valence-electron chi connectivity index (χ2n) is 7.23. The fourth-order valence-corrected chi connectivity index (χ4v) is 4.09. The molecule has 0 fully saturated rings. The van der Waals surface area contributed by atoms with Crippen LogP contribution in [-0.4, -0.2) is 25.2 Å². The van der Waals surface area contributed by atoms with Gasteiger partial charge in [0.25, 0.3) is 5.91 Å². The Balaban J connectivity index is 1.65. The van der Waals surface area contributed by atoms with Crippen molar-refractivity contribution in [3.63, 3.8) is 0 Å². The summed E-state index contributed by atoms with van der Waals surface area (Å²) in [6, 6.07) is 13.6. The quantitative estimate of drug-likeness (QED) is 0.554. The number of aromatic nitrogens is 4. The van der Waals surface area contributed by atoms with Gasteiger partial charge in [-0.05, 0) is 35.6 Å². The molecule has 1 atom stereocenters. The molecule has 0 saturated heterocycles. The summed E-state index contributed by atoms with van der Waals surface area (Å²) in [4.78, 5) is 18.9. The summed E-state index contributed by atoms with van der Waals surface area (Å²) in [7, 11) is 3.79. The van der Waals surface area contributed by atoms with Gasteiger partial charge >= 0.3 is 0 Å². The first kappa shape index (κ1) is 18.4. The summed E-state index contributed by atoms with van der Waals surface area (Å²) in [5.74, 6) is 0.887. The minimum atomic E-state index is -0.204. The number of fused-ring (bicyclic) bond motifs is 1. The normalized spacial score (nSPS) is 12.6. The number of nitrogens with one attached hydrogen (secondary N) is 1. The lowest BCUT2D eigenvalue weighted by atomic mass is 10.0. The fourth-order valence-electron chi connectivity index (χ4n) is 3.41. The van der Waals surface area contributed by atoms with Gasteiger partial charge in [-0.2, -0.15) is 5.10 Å². The van der Waals surface area contributed by atoms with Gasteiger partial charge in [0.2, 0.25) is 0 Å². The number of carbonyl (C=O) groups excluding carboxylic acids is 1. The first-order valence-corrected chi connectivity index (χ1v) is 10.1. The van der Waals surface area contributed by atoms with E-state index in [9.17, 15) is 4.79 Å². The third-order valence-corrected chi connectivity index (χ3v) is 5.83. The predicted molar refractivity (Wildman–Crippen MR) is 112 cm³/mol. The maximum absolute atomic E-state index is 13.1. The number of hydrogen-bond acceptors (Lipinski definition) is 4. The standard InChI is InChI=1S/C21H23N5OS/c1-13(2)19(20-22-14-8-5-6-9-16(14)25(20)3)23-21(27)17-12-15(24-26(17)4)18-10-7-11-28-18/h5-13,19H,1-4H3,(H,23,27)/t19-/m1/s1. The van der Waals surface area contributed by atoms with E-state index in [-0.39, 0.29) is 17.9 Å². The van der Waals surface area contributed by atoms with E-state index in [1.807, 2.05) is 54.9 Å². The highest BCUT2D eigenvalue weighted by atomic mass is 32.1. The Morgan fingerprint density at radius 2 is 1.93 bits per heavy atom. The van der Waals surface area contributed by atoms with Crippen LogP contribution in [-0.2, 0) is 14.1 Å². The van der Waals surface area contributed by atoms with Crippen molar-refractivity contribution in [2.75, 3.05) is 0 Å². The molecular formula is C21H23N5OS. The Morgan fingerprint density at radius 1 is 1.14 bits per heavy atom. The zero-order valence-corrected chi connectivity index (χ0v) is 17.2. The molecule has 28 heavy (non-hydrogen) atoms. The number of hydrogen-bond donors (Lipinski definition) is 1. The second kappa shape index (κ2) is 7.24. The molecule has 0 aliphatic heterocycles. The van der Waals surface area contributed by atoms with Gasteiger partial charge in [0.15, 0.2) is 0 Å². The van der Waals surface area contributed by atoms with E-state index in [1.165, 1.54) is 0 Å². The smallest absolute Gasteiger partial charge is 0.270 e. The zero-order valence-electron chi connectivity index (χ0n) is 16.4. The van der Waals surface area contributed by atoms with E-state index >= 15 is 0 Å². The fraction of sp³-hybridized carbons (Fsp3) is 0.286. The van der Waals surface area contributed by atoms with Crippen LogP contribution in [0.5, 0.6) is 0 Å². The minimum absolute atomic E-state index is 0.149. The van der Waals surface area contributed by atoms with Crippen LogP contribution in [0.1, 0.15) is 36.2 Å². The Kier molecular flexibility index (Phi) is 4.77. The van der Waals surface area contributed by atoms with Crippen LogP contribution in [0.3, 0.4) is 0 Å². The largest absolute Gasteiger partial charge is 0.340 e. The molecule has 4 aromatic rings. The van der Waals surface area contributed by atoms with E-state index in [1.54, 1.807) is 23.1 Å². The summed E-state index contributed by atoms with van der Waals surface area (Å²) in [6.45, 7) is 4.18. The Hall–Kier alpha value is -2.93. The lowest BCUT2D eigenvalue weighted by Gasteiger charge is -2.22. The van der Waals surface area contributed by atoms with Crippen molar-refractivity contribution in [1.29, 1.82) is 0 Å².